The number of rotatable bonds is 3. The van der Waals surface area contributed by atoms with Crippen LogP contribution >= 0.6 is 0 Å². The summed E-state index contributed by atoms with van der Waals surface area (Å²) in [6.45, 7) is 1.68. The van der Waals surface area contributed by atoms with Gasteiger partial charge in [-0.15, -0.1) is 0 Å². The van der Waals surface area contributed by atoms with Gasteiger partial charge in [0.2, 0.25) is 0 Å². The highest BCUT2D eigenvalue weighted by Crippen LogP contribution is 2.39. The second-order valence-corrected chi connectivity index (χ2v) is 6.97. The fraction of sp³-hybridized carbons (Fsp3) is 0.474. The van der Waals surface area contributed by atoms with Crippen molar-refractivity contribution in [2.24, 2.45) is 7.05 Å². The van der Waals surface area contributed by atoms with Crippen LogP contribution in [0.4, 0.5) is 0 Å². The van der Waals surface area contributed by atoms with Crippen molar-refractivity contribution in [2.75, 3.05) is 20.2 Å². The molecule has 0 aliphatic carbocycles. The van der Waals surface area contributed by atoms with Gasteiger partial charge in [-0.1, -0.05) is 18.2 Å². The van der Waals surface area contributed by atoms with E-state index in [1.54, 1.807) is 18.0 Å². The molecule has 0 N–H and O–H groups in total. The summed E-state index contributed by atoms with van der Waals surface area (Å²) >= 11 is 0. The smallest absolute Gasteiger partial charge is 0.257 e. The van der Waals surface area contributed by atoms with Crippen LogP contribution in [0.15, 0.2) is 30.5 Å². The summed E-state index contributed by atoms with van der Waals surface area (Å²) in [5.41, 5.74) is 2.31. The van der Waals surface area contributed by atoms with E-state index in [2.05, 4.69) is 11.2 Å². The number of ether oxygens (including phenoxy) is 2. The quantitative estimate of drug-likeness (QED) is 0.859. The lowest BCUT2D eigenvalue weighted by Crippen LogP contribution is -2.43. The minimum Gasteiger partial charge on any atom is -0.485 e. The molecule has 0 radical (unpaired) electrons. The summed E-state index contributed by atoms with van der Waals surface area (Å²) < 4.78 is 13.2. The fourth-order valence-electron chi connectivity index (χ4n) is 3.89. The summed E-state index contributed by atoms with van der Waals surface area (Å²) in [7, 11) is 3.43. The topological polar surface area (TPSA) is 56.6 Å². The number of amides is 1. The Morgan fingerprint density at radius 3 is 3.04 bits per heavy atom. The largest absolute Gasteiger partial charge is 0.485 e. The maximum absolute atomic E-state index is 13.0. The van der Waals surface area contributed by atoms with Crippen LogP contribution in [0.1, 0.15) is 34.5 Å². The van der Waals surface area contributed by atoms with Crippen molar-refractivity contribution in [3.8, 4) is 5.75 Å². The molecular weight excluding hydrogens is 318 g/mol. The average Bonchev–Trinajstić information content (AvgIpc) is 3.18. The Morgan fingerprint density at radius 1 is 1.36 bits per heavy atom. The molecule has 132 valence electrons. The first-order chi connectivity index (χ1) is 12.1. The Bertz CT molecular complexity index is 801. The van der Waals surface area contributed by atoms with Gasteiger partial charge >= 0.3 is 0 Å². The van der Waals surface area contributed by atoms with Crippen LogP contribution in [0, 0.1) is 0 Å². The van der Waals surface area contributed by atoms with E-state index >= 15 is 0 Å². The number of carbonyl (C=O) groups excluding carboxylic acids is 1. The Kier molecular flexibility index (Phi) is 4.00. The van der Waals surface area contributed by atoms with Crippen LogP contribution in [0.3, 0.4) is 0 Å². The van der Waals surface area contributed by atoms with Gasteiger partial charge in [0.05, 0.1) is 18.7 Å². The summed E-state index contributed by atoms with van der Waals surface area (Å²) in [5.74, 6) is 0.976. The number of methoxy groups -OCH3 is 1. The Balaban J connectivity index is 1.52. The number of likely N-dealkylation sites (tertiary alicyclic amines) is 1. The lowest BCUT2D eigenvalue weighted by atomic mass is 9.90. The van der Waals surface area contributed by atoms with E-state index in [0.717, 1.165) is 25.0 Å². The average molecular weight is 341 g/mol. The van der Waals surface area contributed by atoms with Crippen molar-refractivity contribution >= 4 is 5.91 Å². The van der Waals surface area contributed by atoms with E-state index in [1.165, 1.54) is 5.56 Å². The molecule has 1 atom stereocenters. The maximum atomic E-state index is 13.0. The number of fused-ring (bicyclic) bond motifs is 1. The fourth-order valence-corrected chi connectivity index (χ4v) is 3.89. The van der Waals surface area contributed by atoms with Gasteiger partial charge in [0.1, 0.15) is 17.0 Å². The zero-order chi connectivity index (χ0) is 17.4. The molecule has 1 aromatic heterocycles. The normalized spacial score (nSPS) is 22.1. The summed E-state index contributed by atoms with van der Waals surface area (Å²) in [4.78, 5) is 14.9. The predicted octanol–water partition coefficient (Wildman–Crippen LogP) is 2.18. The molecule has 6 heteroatoms. The molecule has 2 aliphatic rings. The second kappa shape index (κ2) is 6.19. The number of hydrogen-bond donors (Lipinski definition) is 0. The van der Waals surface area contributed by atoms with Gasteiger partial charge in [0, 0.05) is 33.3 Å². The monoisotopic (exact) mass is 341 g/mol. The zero-order valence-corrected chi connectivity index (χ0v) is 14.7. The lowest BCUT2D eigenvalue weighted by Gasteiger charge is -2.35. The molecule has 1 spiro atoms. The highest BCUT2D eigenvalue weighted by Gasteiger charge is 2.44. The van der Waals surface area contributed by atoms with Crippen molar-refractivity contribution in [2.45, 2.75) is 31.5 Å². The molecule has 1 fully saturated rings. The number of carbonyl (C=O) groups is 1. The van der Waals surface area contributed by atoms with E-state index in [-0.39, 0.29) is 11.5 Å². The van der Waals surface area contributed by atoms with E-state index in [0.29, 0.717) is 31.0 Å². The molecule has 2 aliphatic heterocycles. The van der Waals surface area contributed by atoms with Crippen LogP contribution in [-0.2, 0) is 24.8 Å². The molecule has 1 amide bonds. The van der Waals surface area contributed by atoms with E-state index in [4.69, 9.17) is 9.47 Å². The number of aromatic nitrogens is 2. The SMILES string of the molecule is COCc1nn(C)cc1C(=O)N1CC[C@]2(CCc3ccccc3O2)C1. The molecule has 2 aromatic rings. The molecule has 25 heavy (non-hydrogen) atoms. The van der Waals surface area contributed by atoms with Crippen LogP contribution in [0.5, 0.6) is 5.75 Å². The Morgan fingerprint density at radius 2 is 2.20 bits per heavy atom. The molecule has 0 saturated carbocycles. The minimum atomic E-state index is -0.256. The van der Waals surface area contributed by atoms with E-state index < -0.39 is 0 Å². The van der Waals surface area contributed by atoms with Crippen LogP contribution in [0.25, 0.3) is 0 Å². The Hall–Kier alpha value is -2.34. The van der Waals surface area contributed by atoms with Crippen LogP contribution < -0.4 is 4.74 Å². The Labute approximate surface area is 147 Å². The molecule has 1 saturated heterocycles. The van der Waals surface area contributed by atoms with Gasteiger partial charge < -0.3 is 14.4 Å². The van der Waals surface area contributed by atoms with Crippen molar-refractivity contribution in [1.82, 2.24) is 14.7 Å². The number of aryl methyl sites for hydroxylation is 2. The molecule has 6 nitrogen and oxygen atoms in total. The molecular formula is C19H23N3O3. The predicted molar refractivity (Wildman–Crippen MR) is 92.6 cm³/mol. The number of nitrogens with zero attached hydrogens (tertiary/aromatic N) is 3. The first-order valence-corrected chi connectivity index (χ1v) is 8.68. The first-order valence-electron chi connectivity index (χ1n) is 8.68. The number of hydrogen-bond acceptors (Lipinski definition) is 4. The van der Waals surface area contributed by atoms with Crippen molar-refractivity contribution in [3.05, 3.63) is 47.3 Å². The van der Waals surface area contributed by atoms with Gasteiger partial charge in [-0.2, -0.15) is 5.10 Å². The molecule has 0 unspecified atom stereocenters. The number of para-hydroxylation sites is 1. The molecule has 4 rings (SSSR count). The minimum absolute atomic E-state index is 0.0134. The summed E-state index contributed by atoms with van der Waals surface area (Å²) in [6.07, 6.45) is 4.59. The van der Waals surface area contributed by atoms with Crippen molar-refractivity contribution in [1.29, 1.82) is 0 Å². The van der Waals surface area contributed by atoms with Gasteiger partial charge in [-0.05, 0) is 24.5 Å². The highest BCUT2D eigenvalue weighted by molar-refractivity contribution is 5.95. The standard InChI is InChI=1S/C19H23N3O3/c1-21-11-15(16(20-21)12-24-2)18(23)22-10-9-19(13-22)8-7-14-5-3-4-6-17(14)25-19/h3-6,11H,7-10,12-13H2,1-2H3/t19-/m1/s1. The van der Waals surface area contributed by atoms with Gasteiger partial charge in [0.25, 0.3) is 5.91 Å². The van der Waals surface area contributed by atoms with Crippen molar-refractivity contribution < 1.29 is 14.3 Å². The molecule has 3 heterocycles. The van der Waals surface area contributed by atoms with Crippen molar-refractivity contribution in [3.63, 3.8) is 0 Å². The molecule has 0 bridgehead atoms. The molecule has 1 aromatic carbocycles. The third kappa shape index (κ3) is 2.91. The van der Waals surface area contributed by atoms with Gasteiger partial charge in [-0.3, -0.25) is 9.48 Å². The second-order valence-electron chi connectivity index (χ2n) is 6.97. The maximum Gasteiger partial charge on any atom is 0.257 e. The lowest BCUT2D eigenvalue weighted by molar-refractivity contribution is 0.0483. The first kappa shape index (κ1) is 16.1. The van der Waals surface area contributed by atoms with Gasteiger partial charge in [0.15, 0.2) is 0 Å². The van der Waals surface area contributed by atoms with Gasteiger partial charge in [-0.25, -0.2) is 0 Å². The highest BCUT2D eigenvalue weighted by atomic mass is 16.5. The third-order valence-corrected chi connectivity index (χ3v) is 5.17. The summed E-state index contributed by atoms with van der Waals surface area (Å²) in [6, 6.07) is 8.19. The summed E-state index contributed by atoms with van der Waals surface area (Å²) in [5, 5.41) is 4.34. The zero-order valence-electron chi connectivity index (χ0n) is 14.7. The third-order valence-electron chi connectivity index (χ3n) is 5.17. The van der Waals surface area contributed by atoms with E-state index in [1.807, 2.05) is 30.1 Å². The van der Waals surface area contributed by atoms with Crippen LogP contribution in [0.2, 0.25) is 0 Å². The number of benzene rings is 1. The van der Waals surface area contributed by atoms with Crippen LogP contribution in [-0.4, -0.2) is 46.4 Å². The van der Waals surface area contributed by atoms with E-state index in [9.17, 15) is 4.79 Å².